The van der Waals surface area contributed by atoms with E-state index >= 15 is 0 Å². The molecule has 0 radical (unpaired) electrons. The quantitative estimate of drug-likeness (QED) is 0.645. The van der Waals surface area contributed by atoms with Crippen LogP contribution < -0.4 is 0 Å². The van der Waals surface area contributed by atoms with Gasteiger partial charge in [-0.1, -0.05) is 52.8 Å². The molecule has 1 aromatic carbocycles. The van der Waals surface area contributed by atoms with Crippen molar-refractivity contribution in [1.29, 1.82) is 0 Å². The van der Waals surface area contributed by atoms with Gasteiger partial charge in [-0.2, -0.15) is 0 Å². The summed E-state index contributed by atoms with van der Waals surface area (Å²) in [5.41, 5.74) is 4.41. The van der Waals surface area contributed by atoms with Crippen molar-refractivity contribution in [2.75, 3.05) is 0 Å². The smallest absolute Gasteiger partial charge is 0.0190 e. The summed E-state index contributed by atoms with van der Waals surface area (Å²) in [6.07, 6.45) is 2.37. The van der Waals surface area contributed by atoms with Gasteiger partial charge < -0.3 is 0 Å². The van der Waals surface area contributed by atoms with Crippen molar-refractivity contribution in [2.45, 2.75) is 60.3 Å². The Balaban J connectivity index is 0.000000921. The molecule has 1 aromatic rings. The highest BCUT2D eigenvalue weighted by molar-refractivity contribution is 5.33. The molecule has 0 aliphatic heterocycles. The fourth-order valence-electron chi connectivity index (χ4n) is 1.73. The van der Waals surface area contributed by atoms with Crippen molar-refractivity contribution in [3.05, 3.63) is 34.9 Å². The number of aryl methyl sites for hydroxylation is 2. The van der Waals surface area contributed by atoms with Crippen LogP contribution >= 0.6 is 0 Å². The topological polar surface area (TPSA) is 0 Å². The summed E-state index contributed by atoms with van der Waals surface area (Å²) in [4.78, 5) is 0. The Labute approximate surface area is 95.7 Å². The molecule has 0 aliphatic rings. The summed E-state index contributed by atoms with van der Waals surface area (Å²) in [6.45, 7) is 13.0. The van der Waals surface area contributed by atoms with Crippen LogP contribution in [0.25, 0.3) is 0 Å². The monoisotopic (exact) mass is 206 g/mol. The summed E-state index contributed by atoms with van der Waals surface area (Å²) in [5.74, 6) is 0.700. The lowest BCUT2D eigenvalue weighted by Crippen LogP contribution is -1.95. The Kier molecular flexibility index (Phi) is 7.11. The summed E-state index contributed by atoms with van der Waals surface area (Å²) in [6, 6.07) is 6.87. The zero-order chi connectivity index (χ0) is 11.8. The first kappa shape index (κ1) is 14.2. The lowest BCUT2D eigenvalue weighted by molar-refractivity contribution is 0.727. The third-order valence-corrected chi connectivity index (χ3v) is 2.89. The number of hydrogen-bond donors (Lipinski definition) is 0. The molecule has 0 saturated carbocycles. The fraction of sp³-hybridized carbons (Fsp3) is 0.600. The van der Waals surface area contributed by atoms with Gasteiger partial charge in [0.05, 0.1) is 0 Å². The second-order valence-corrected chi connectivity index (χ2v) is 3.85. The van der Waals surface area contributed by atoms with Gasteiger partial charge in [-0.05, 0) is 42.4 Å². The lowest BCUT2D eigenvalue weighted by atomic mass is 9.93. The molecule has 0 bridgehead atoms. The van der Waals surface area contributed by atoms with Crippen LogP contribution in [0.3, 0.4) is 0 Å². The molecule has 0 N–H and O–H groups in total. The van der Waals surface area contributed by atoms with Gasteiger partial charge in [-0.3, -0.25) is 0 Å². The van der Waals surface area contributed by atoms with Crippen LogP contribution in [0.1, 0.15) is 63.6 Å². The molecule has 0 spiro atoms. The average Bonchev–Trinajstić information content (AvgIpc) is 2.30. The van der Waals surface area contributed by atoms with Gasteiger partial charge >= 0.3 is 0 Å². The molecule has 0 nitrogen and oxygen atoms in total. The Morgan fingerprint density at radius 3 is 2.13 bits per heavy atom. The van der Waals surface area contributed by atoms with E-state index in [1.807, 2.05) is 13.8 Å². The molecular weight excluding hydrogens is 180 g/mol. The first-order valence-electron chi connectivity index (χ1n) is 6.28. The van der Waals surface area contributed by atoms with Crippen molar-refractivity contribution in [1.82, 2.24) is 0 Å². The van der Waals surface area contributed by atoms with Crippen LogP contribution in [-0.4, -0.2) is 0 Å². The van der Waals surface area contributed by atoms with Gasteiger partial charge in [0.25, 0.3) is 0 Å². The fourth-order valence-corrected chi connectivity index (χ4v) is 1.73. The predicted octanol–water partition coefficient (Wildman–Crippen LogP) is 5.10. The first-order valence-corrected chi connectivity index (χ1v) is 6.28. The standard InChI is InChI=1S/C13H20.C2H6/c1-5-10(3)13-8-7-12(6-2)9-11(13)4;1-2/h7-10H,5-6H2,1-4H3;1-2H3. The molecule has 0 fully saturated rings. The molecule has 0 amide bonds. The predicted molar refractivity (Wildman–Crippen MR) is 70.6 cm³/mol. The number of hydrogen-bond acceptors (Lipinski definition) is 0. The van der Waals surface area contributed by atoms with E-state index in [4.69, 9.17) is 0 Å². The first-order chi connectivity index (χ1) is 7.19. The van der Waals surface area contributed by atoms with Crippen LogP contribution in [-0.2, 0) is 6.42 Å². The maximum absolute atomic E-state index is 2.32. The molecule has 0 aliphatic carbocycles. The van der Waals surface area contributed by atoms with Crippen LogP contribution in [0.15, 0.2) is 18.2 Å². The minimum atomic E-state index is 0.700. The van der Waals surface area contributed by atoms with E-state index < -0.39 is 0 Å². The molecular formula is C15H26. The van der Waals surface area contributed by atoms with Crippen LogP contribution in [0.4, 0.5) is 0 Å². The Morgan fingerprint density at radius 1 is 1.13 bits per heavy atom. The molecule has 15 heavy (non-hydrogen) atoms. The summed E-state index contributed by atoms with van der Waals surface area (Å²) in [7, 11) is 0. The van der Waals surface area contributed by atoms with E-state index in [0.717, 1.165) is 6.42 Å². The second-order valence-electron chi connectivity index (χ2n) is 3.85. The zero-order valence-corrected chi connectivity index (χ0v) is 11.2. The highest BCUT2D eigenvalue weighted by Gasteiger charge is 2.05. The maximum Gasteiger partial charge on any atom is -0.0190 e. The highest BCUT2D eigenvalue weighted by Crippen LogP contribution is 2.23. The van der Waals surface area contributed by atoms with Crippen molar-refractivity contribution in [2.24, 2.45) is 0 Å². The van der Waals surface area contributed by atoms with Gasteiger partial charge in [-0.25, -0.2) is 0 Å². The van der Waals surface area contributed by atoms with E-state index in [9.17, 15) is 0 Å². The minimum Gasteiger partial charge on any atom is -0.0683 e. The van der Waals surface area contributed by atoms with Crippen molar-refractivity contribution in [3.8, 4) is 0 Å². The van der Waals surface area contributed by atoms with E-state index in [2.05, 4.69) is 45.9 Å². The summed E-state index contributed by atoms with van der Waals surface area (Å²) in [5, 5.41) is 0. The lowest BCUT2D eigenvalue weighted by Gasteiger charge is -2.13. The highest BCUT2D eigenvalue weighted by atomic mass is 14.1. The maximum atomic E-state index is 2.32. The SMILES string of the molecule is CC.CCc1ccc(C(C)CC)c(C)c1. The van der Waals surface area contributed by atoms with Crippen LogP contribution in [0.5, 0.6) is 0 Å². The molecule has 0 aromatic heterocycles. The Bertz CT molecular complexity index is 273. The van der Waals surface area contributed by atoms with Crippen molar-refractivity contribution < 1.29 is 0 Å². The zero-order valence-electron chi connectivity index (χ0n) is 11.2. The van der Waals surface area contributed by atoms with E-state index in [0.29, 0.717) is 5.92 Å². The molecule has 86 valence electrons. The van der Waals surface area contributed by atoms with Crippen LogP contribution in [0, 0.1) is 6.92 Å². The largest absolute Gasteiger partial charge is 0.0683 e. The van der Waals surface area contributed by atoms with E-state index in [1.165, 1.54) is 23.1 Å². The minimum absolute atomic E-state index is 0.700. The Morgan fingerprint density at radius 2 is 1.73 bits per heavy atom. The molecule has 1 unspecified atom stereocenters. The van der Waals surface area contributed by atoms with Crippen molar-refractivity contribution in [3.63, 3.8) is 0 Å². The molecule has 0 saturated heterocycles. The third-order valence-electron chi connectivity index (χ3n) is 2.89. The summed E-state index contributed by atoms with van der Waals surface area (Å²) < 4.78 is 0. The number of benzene rings is 1. The Hall–Kier alpha value is -0.780. The van der Waals surface area contributed by atoms with Crippen molar-refractivity contribution >= 4 is 0 Å². The normalized spacial score (nSPS) is 11.6. The third kappa shape index (κ3) is 4.07. The number of rotatable bonds is 3. The molecule has 0 heterocycles. The van der Waals surface area contributed by atoms with E-state index in [1.54, 1.807) is 0 Å². The molecule has 1 rings (SSSR count). The van der Waals surface area contributed by atoms with Gasteiger partial charge in [0, 0.05) is 0 Å². The van der Waals surface area contributed by atoms with Gasteiger partial charge in [-0.15, -0.1) is 0 Å². The summed E-state index contributed by atoms with van der Waals surface area (Å²) >= 11 is 0. The van der Waals surface area contributed by atoms with Gasteiger partial charge in [0.2, 0.25) is 0 Å². The van der Waals surface area contributed by atoms with Crippen LogP contribution in [0.2, 0.25) is 0 Å². The van der Waals surface area contributed by atoms with Gasteiger partial charge in [0.1, 0.15) is 0 Å². The average molecular weight is 206 g/mol. The second kappa shape index (κ2) is 7.50. The molecule has 0 heteroatoms. The van der Waals surface area contributed by atoms with E-state index in [-0.39, 0.29) is 0 Å². The van der Waals surface area contributed by atoms with Gasteiger partial charge in [0.15, 0.2) is 0 Å². The molecule has 1 atom stereocenters.